The number of ether oxygens (including phenoxy) is 1. The van der Waals surface area contributed by atoms with Crippen LogP contribution in [0.5, 0.6) is 0 Å². The van der Waals surface area contributed by atoms with Crippen LogP contribution in [-0.2, 0) is 16.1 Å². The maximum absolute atomic E-state index is 13.7. The zero-order valence-electron chi connectivity index (χ0n) is 16.9. The molecule has 0 saturated carbocycles. The van der Waals surface area contributed by atoms with E-state index >= 15 is 0 Å². The van der Waals surface area contributed by atoms with Crippen molar-refractivity contribution >= 4 is 28.3 Å². The molecule has 0 fully saturated rings. The van der Waals surface area contributed by atoms with Crippen molar-refractivity contribution in [2.45, 2.75) is 33.4 Å². The normalized spacial score (nSPS) is 12.0. The van der Waals surface area contributed by atoms with E-state index in [2.05, 4.69) is 10.4 Å². The van der Waals surface area contributed by atoms with Crippen molar-refractivity contribution in [1.29, 1.82) is 0 Å². The lowest BCUT2D eigenvalue weighted by atomic mass is 10.1. The Labute approximate surface area is 172 Å². The Hall–Kier alpha value is -3.55. The van der Waals surface area contributed by atoms with Gasteiger partial charge in [0, 0.05) is 11.9 Å². The number of carbonyl (C=O) groups is 2. The number of amides is 1. The summed E-state index contributed by atoms with van der Waals surface area (Å²) in [7, 11) is 0. The number of halogens is 1. The van der Waals surface area contributed by atoms with Crippen molar-refractivity contribution < 1.29 is 18.7 Å². The Balaban J connectivity index is 1.87. The van der Waals surface area contributed by atoms with Crippen molar-refractivity contribution in [3.63, 3.8) is 0 Å². The average Bonchev–Trinajstić information content (AvgIpc) is 2.71. The first-order chi connectivity index (χ1) is 14.3. The summed E-state index contributed by atoms with van der Waals surface area (Å²) in [6.07, 6.45) is -1.21. The first-order valence-electron chi connectivity index (χ1n) is 9.54. The number of carbonyl (C=O) groups excluding carboxylic acids is 2. The van der Waals surface area contributed by atoms with Gasteiger partial charge in [0.1, 0.15) is 5.82 Å². The zero-order chi connectivity index (χ0) is 21.8. The number of aromatic nitrogens is 2. The third-order valence-electron chi connectivity index (χ3n) is 4.38. The zero-order valence-corrected chi connectivity index (χ0v) is 16.9. The van der Waals surface area contributed by atoms with Gasteiger partial charge in [-0.15, -0.1) is 0 Å². The van der Waals surface area contributed by atoms with Crippen LogP contribution in [0.3, 0.4) is 0 Å². The largest absolute Gasteiger partial charge is 0.448 e. The smallest absolute Gasteiger partial charge is 0.360 e. The topological polar surface area (TPSA) is 90.3 Å². The molecule has 8 heteroatoms. The third-order valence-corrected chi connectivity index (χ3v) is 4.38. The Bertz CT molecular complexity index is 1160. The number of anilines is 1. The van der Waals surface area contributed by atoms with E-state index in [0.717, 1.165) is 0 Å². The van der Waals surface area contributed by atoms with E-state index in [1.807, 2.05) is 13.8 Å². The van der Waals surface area contributed by atoms with E-state index in [4.69, 9.17) is 4.74 Å². The number of para-hydroxylation sites is 1. The van der Waals surface area contributed by atoms with Crippen LogP contribution >= 0.6 is 0 Å². The van der Waals surface area contributed by atoms with Crippen LogP contribution < -0.4 is 10.9 Å². The third kappa shape index (κ3) is 4.53. The van der Waals surface area contributed by atoms with E-state index in [9.17, 15) is 18.8 Å². The lowest BCUT2D eigenvalue weighted by Gasteiger charge is -2.15. The minimum absolute atomic E-state index is 0.0144. The van der Waals surface area contributed by atoms with E-state index in [1.165, 1.54) is 29.8 Å². The van der Waals surface area contributed by atoms with Gasteiger partial charge in [0.15, 0.2) is 11.8 Å². The molecule has 3 rings (SSSR count). The summed E-state index contributed by atoms with van der Waals surface area (Å²) in [5, 5.41) is 7.25. The summed E-state index contributed by atoms with van der Waals surface area (Å²) in [5.74, 6) is -2.00. The molecule has 1 N–H and O–H groups in total. The molecule has 30 heavy (non-hydrogen) atoms. The fourth-order valence-electron chi connectivity index (χ4n) is 2.92. The number of nitrogens with zero attached hydrogens (tertiary/aromatic N) is 2. The van der Waals surface area contributed by atoms with E-state index in [1.54, 1.807) is 30.3 Å². The predicted octanol–water partition coefficient (Wildman–Crippen LogP) is 3.38. The van der Waals surface area contributed by atoms with Crippen molar-refractivity contribution in [1.82, 2.24) is 9.78 Å². The van der Waals surface area contributed by atoms with Gasteiger partial charge in [-0.3, -0.25) is 9.59 Å². The van der Waals surface area contributed by atoms with Gasteiger partial charge in [0.25, 0.3) is 11.5 Å². The molecule has 156 valence electrons. The number of esters is 1. The van der Waals surface area contributed by atoms with Gasteiger partial charge in [-0.25, -0.2) is 13.9 Å². The summed E-state index contributed by atoms with van der Waals surface area (Å²) in [4.78, 5) is 37.8. The molecule has 7 nitrogen and oxygen atoms in total. The van der Waals surface area contributed by atoms with Crippen molar-refractivity contribution in [2.75, 3.05) is 5.32 Å². The van der Waals surface area contributed by atoms with E-state index in [-0.39, 0.29) is 22.9 Å². The van der Waals surface area contributed by atoms with Crippen LogP contribution in [0.15, 0.2) is 53.3 Å². The molecule has 0 aliphatic carbocycles. The molecule has 0 radical (unpaired) electrons. The Morgan fingerprint density at radius 1 is 1.07 bits per heavy atom. The first-order valence-corrected chi connectivity index (χ1v) is 9.54. The molecule has 1 amide bonds. The molecule has 0 unspecified atom stereocenters. The van der Waals surface area contributed by atoms with E-state index < -0.39 is 23.8 Å². The summed E-state index contributed by atoms with van der Waals surface area (Å²) in [5.41, 5.74) is -0.378. The van der Waals surface area contributed by atoms with Crippen LogP contribution in [0.4, 0.5) is 10.1 Å². The van der Waals surface area contributed by atoms with Crippen LogP contribution in [0, 0.1) is 11.7 Å². The van der Waals surface area contributed by atoms with Gasteiger partial charge in [-0.1, -0.05) is 44.2 Å². The number of fused-ring (bicyclic) bond motifs is 1. The van der Waals surface area contributed by atoms with Crippen LogP contribution in [-0.4, -0.2) is 27.8 Å². The summed E-state index contributed by atoms with van der Waals surface area (Å²) in [6.45, 7) is 5.56. The molecule has 1 aromatic heterocycles. The number of benzene rings is 2. The SMILES string of the molecule is CC(C)Cn1nc(C(=O)O[C@@H](C)C(=O)Nc2ccccc2F)c2ccccc2c1=O. The van der Waals surface area contributed by atoms with Gasteiger partial charge >= 0.3 is 5.97 Å². The Morgan fingerprint density at radius 3 is 2.37 bits per heavy atom. The summed E-state index contributed by atoms with van der Waals surface area (Å²) >= 11 is 0. The highest BCUT2D eigenvalue weighted by molar-refractivity contribution is 6.03. The van der Waals surface area contributed by atoms with Crippen molar-refractivity contribution in [3.8, 4) is 0 Å². The molecule has 0 saturated heterocycles. The highest BCUT2D eigenvalue weighted by atomic mass is 19.1. The summed E-state index contributed by atoms with van der Waals surface area (Å²) < 4.78 is 20.2. The number of hydrogen-bond acceptors (Lipinski definition) is 5. The molecular formula is C22H22FN3O4. The van der Waals surface area contributed by atoms with Crippen molar-refractivity contribution in [2.24, 2.45) is 5.92 Å². The van der Waals surface area contributed by atoms with Gasteiger partial charge in [0.05, 0.1) is 11.1 Å². The van der Waals surface area contributed by atoms with Gasteiger partial charge < -0.3 is 10.1 Å². The monoisotopic (exact) mass is 411 g/mol. The molecule has 0 bridgehead atoms. The van der Waals surface area contributed by atoms with Crippen LogP contribution in [0.2, 0.25) is 0 Å². The number of hydrogen-bond donors (Lipinski definition) is 1. The molecule has 1 atom stereocenters. The second-order valence-corrected chi connectivity index (χ2v) is 7.29. The molecule has 2 aromatic carbocycles. The molecule has 0 spiro atoms. The van der Waals surface area contributed by atoms with Gasteiger partial charge in [0.2, 0.25) is 0 Å². The highest BCUT2D eigenvalue weighted by Gasteiger charge is 2.24. The fourth-order valence-corrected chi connectivity index (χ4v) is 2.92. The molecular weight excluding hydrogens is 389 g/mol. The maximum atomic E-state index is 13.7. The minimum atomic E-state index is -1.21. The Morgan fingerprint density at radius 2 is 1.70 bits per heavy atom. The molecule has 3 aromatic rings. The quantitative estimate of drug-likeness (QED) is 0.628. The number of nitrogens with one attached hydrogen (secondary N) is 1. The van der Waals surface area contributed by atoms with E-state index in [0.29, 0.717) is 17.3 Å². The second kappa shape index (κ2) is 8.86. The summed E-state index contributed by atoms with van der Waals surface area (Å²) in [6, 6.07) is 12.3. The van der Waals surface area contributed by atoms with Gasteiger partial charge in [-0.05, 0) is 31.0 Å². The van der Waals surface area contributed by atoms with Gasteiger partial charge in [-0.2, -0.15) is 5.10 Å². The van der Waals surface area contributed by atoms with Crippen molar-refractivity contribution in [3.05, 3.63) is 70.4 Å². The maximum Gasteiger partial charge on any atom is 0.360 e. The lowest BCUT2D eigenvalue weighted by Crippen LogP contribution is -2.32. The second-order valence-electron chi connectivity index (χ2n) is 7.29. The Kier molecular flexibility index (Phi) is 6.25. The van der Waals surface area contributed by atoms with Crippen LogP contribution in [0.25, 0.3) is 10.8 Å². The average molecular weight is 411 g/mol. The first kappa shape index (κ1) is 21.2. The fraction of sp³-hybridized carbons (Fsp3) is 0.273. The molecule has 0 aliphatic rings. The minimum Gasteiger partial charge on any atom is -0.448 e. The lowest BCUT2D eigenvalue weighted by molar-refractivity contribution is -0.123. The molecule has 0 aliphatic heterocycles. The van der Waals surface area contributed by atoms with Crippen LogP contribution in [0.1, 0.15) is 31.3 Å². The standard InChI is InChI=1S/C22H22FN3O4/c1-13(2)12-26-21(28)16-9-5-4-8-15(16)19(25-26)22(29)30-14(3)20(27)24-18-11-7-6-10-17(18)23/h4-11,13-14H,12H2,1-3H3,(H,24,27)/t14-/m0/s1. The number of rotatable bonds is 6. The highest BCUT2D eigenvalue weighted by Crippen LogP contribution is 2.17. The molecule has 1 heterocycles. The predicted molar refractivity (Wildman–Crippen MR) is 111 cm³/mol.